The summed E-state index contributed by atoms with van der Waals surface area (Å²) in [6.07, 6.45) is 1.63. The molecular formula is C13H13N3O. The molecule has 86 valence electrons. The Morgan fingerprint density at radius 2 is 2.12 bits per heavy atom. The Kier molecular flexibility index (Phi) is 3.53. The normalized spacial score (nSPS) is 12.0. The third-order valence-corrected chi connectivity index (χ3v) is 2.61. The second-order valence-electron chi connectivity index (χ2n) is 3.82. The van der Waals surface area contributed by atoms with Gasteiger partial charge in [-0.2, -0.15) is 5.26 Å². The predicted molar refractivity (Wildman–Crippen MR) is 62.9 cm³/mol. The highest BCUT2D eigenvalue weighted by Gasteiger charge is 2.05. The molecular weight excluding hydrogens is 214 g/mol. The highest BCUT2D eigenvalue weighted by Crippen LogP contribution is 2.13. The number of nitriles is 1. The van der Waals surface area contributed by atoms with E-state index < -0.39 is 0 Å². The number of nitrogens with one attached hydrogen (secondary N) is 1. The summed E-state index contributed by atoms with van der Waals surface area (Å²) in [6.45, 7) is 2.71. The molecule has 1 aromatic heterocycles. The van der Waals surface area contributed by atoms with Gasteiger partial charge in [-0.1, -0.05) is 17.3 Å². The minimum Gasteiger partial charge on any atom is -0.360 e. The second kappa shape index (κ2) is 5.28. The molecule has 1 heterocycles. The summed E-state index contributed by atoms with van der Waals surface area (Å²) in [7, 11) is 0. The fourth-order valence-corrected chi connectivity index (χ4v) is 1.55. The molecule has 0 aliphatic carbocycles. The van der Waals surface area contributed by atoms with E-state index >= 15 is 0 Å². The molecule has 2 rings (SSSR count). The van der Waals surface area contributed by atoms with Crippen molar-refractivity contribution in [2.75, 3.05) is 0 Å². The van der Waals surface area contributed by atoms with Crippen molar-refractivity contribution < 1.29 is 4.52 Å². The summed E-state index contributed by atoms with van der Waals surface area (Å²) in [4.78, 5) is 0. The third-order valence-electron chi connectivity index (χ3n) is 2.61. The molecule has 1 unspecified atom stereocenters. The number of hydrogen-bond acceptors (Lipinski definition) is 4. The Hall–Kier alpha value is -2.12. The molecule has 4 heteroatoms. The zero-order chi connectivity index (χ0) is 12.1. The molecule has 0 radical (unpaired) electrons. The van der Waals surface area contributed by atoms with E-state index in [1.54, 1.807) is 6.20 Å². The molecule has 0 saturated carbocycles. The monoisotopic (exact) mass is 227 g/mol. The summed E-state index contributed by atoms with van der Waals surface area (Å²) in [5, 5.41) is 15.7. The molecule has 1 atom stereocenters. The minimum atomic E-state index is 0.202. The highest BCUT2D eigenvalue weighted by molar-refractivity contribution is 5.32. The van der Waals surface area contributed by atoms with E-state index in [2.05, 4.69) is 23.5 Å². The van der Waals surface area contributed by atoms with Gasteiger partial charge < -0.3 is 9.84 Å². The summed E-state index contributed by atoms with van der Waals surface area (Å²) >= 11 is 0. The SMILES string of the molecule is CC(NCc1ccno1)c1ccc(C#N)cc1. The second-order valence-corrected chi connectivity index (χ2v) is 3.82. The maximum Gasteiger partial charge on any atom is 0.150 e. The first-order valence-electron chi connectivity index (χ1n) is 5.42. The van der Waals surface area contributed by atoms with Crippen molar-refractivity contribution in [1.82, 2.24) is 10.5 Å². The van der Waals surface area contributed by atoms with Crippen LogP contribution in [-0.4, -0.2) is 5.16 Å². The molecule has 0 spiro atoms. The molecule has 0 aliphatic rings. The lowest BCUT2D eigenvalue weighted by molar-refractivity contribution is 0.366. The summed E-state index contributed by atoms with van der Waals surface area (Å²) < 4.78 is 5.00. The van der Waals surface area contributed by atoms with Gasteiger partial charge in [0, 0.05) is 12.1 Å². The van der Waals surface area contributed by atoms with Crippen LogP contribution in [0.25, 0.3) is 0 Å². The van der Waals surface area contributed by atoms with E-state index in [1.807, 2.05) is 30.3 Å². The topological polar surface area (TPSA) is 61.9 Å². The Balaban J connectivity index is 1.95. The Labute approximate surface area is 99.9 Å². The quantitative estimate of drug-likeness (QED) is 0.871. The van der Waals surface area contributed by atoms with Crippen molar-refractivity contribution in [2.24, 2.45) is 0 Å². The third kappa shape index (κ3) is 2.92. The zero-order valence-corrected chi connectivity index (χ0v) is 9.55. The molecule has 17 heavy (non-hydrogen) atoms. The standard InChI is InChI=1S/C13H13N3O/c1-10(15-9-13-6-7-16-17-13)12-4-2-11(8-14)3-5-12/h2-7,10,15H,9H2,1H3. The van der Waals surface area contributed by atoms with E-state index in [0.717, 1.165) is 11.3 Å². The van der Waals surface area contributed by atoms with E-state index in [9.17, 15) is 0 Å². The van der Waals surface area contributed by atoms with Gasteiger partial charge in [-0.25, -0.2) is 0 Å². The summed E-state index contributed by atoms with van der Waals surface area (Å²) in [6, 6.07) is 11.7. The van der Waals surface area contributed by atoms with Gasteiger partial charge in [0.1, 0.15) is 5.76 Å². The molecule has 2 aromatic rings. The summed E-state index contributed by atoms with van der Waals surface area (Å²) in [5.74, 6) is 0.811. The van der Waals surface area contributed by atoms with Crippen LogP contribution < -0.4 is 5.32 Å². The molecule has 4 nitrogen and oxygen atoms in total. The van der Waals surface area contributed by atoms with Gasteiger partial charge in [-0.05, 0) is 24.6 Å². The van der Waals surface area contributed by atoms with Gasteiger partial charge >= 0.3 is 0 Å². The molecule has 1 N–H and O–H groups in total. The van der Waals surface area contributed by atoms with Gasteiger partial charge in [0.05, 0.1) is 24.4 Å². The smallest absolute Gasteiger partial charge is 0.150 e. The number of benzene rings is 1. The number of hydrogen-bond donors (Lipinski definition) is 1. The van der Waals surface area contributed by atoms with E-state index in [0.29, 0.717) is 12.1 Å². The van der Waals surface area contributed by atoms with Crippen molar-refractivity contribution in [3.8, 4) is 6.07 Å². The molecule has 0 amide bonds. The van der Waals surface area contributed by atoms with Crippen molar-refractivity contribution in [3.63, 3.8) is 0 Å². The van der Waals surface area contributed by atoms with E-state index in [-0.39, 0.29) is 6.04 Å². The van der Waals surface area contributed by atoms with Crippen LogP contribution in [0.1, 0.15) is 29.9 Å². The summed E-state index contributed by atoms with van der Waals surface area (Å²) in [5.41, 5.74) is 1.82. The van der Waals surface area contributed by atoms with Gasteiger partial charge in [0.2, 0.25) is 0 Å². The van der Waals surface area contributed by atoms with Gasteiger partial charge in [0.15, 0.2) is 0 Å². The zero-order valence-electron chi connectivity index (χ0n) is 9.55. The lowest BCUT2D eigenvalue weighted by atomic mass is 10.1. The maximum absolute atomic E-state index is 8.71. The van der Waals surface area contributed by atoms with Crippen LogP contribution in [0.2, 0.25) is 0 Å². The van der Waals surface area contributed by atoms with Crippen LogP contribution in [0.3, 0.4) is 0 Å². The predicted octanol–water partition coefficient (Wildman–Crippen LogP) is 2.40. The van der Waals surface area contributed by atoms with Gasteiger partial charge in [-0.15, -0.1) is 0 Å². The molecule has 1 aromatic carbocycles. The number of rotatable bonds is 4. The molecule has 0 fully saturated rings. The van der Waals surface area contributed by atoms with Gasteiger partial charge in [-0.3, -0.25) is 0 Å². The van der Waals surface area contributed by atoms with Crippen molar-refractivity contribution in [3.05, 3.63) is 53.4 Å². The lowest BCUT2D eigenvalue weighted by Crippen LogP contribution is -2.17. The van der Waals surface area contributed by atoms with Crippen LogP contribution in [-0.2, 0) is 6.54 Å². The highest BCUT2D eigenvalue weighted by atomic mass is 16.5. The van der Waals surface area contributed by atoms with E-state index in [1.165, 1.54) is 0 Å². The minimum absolute atomic E-state index is 0.202. The fourth-order valence-electron chi connectivity index (χ4n) is 1.55. The Morgan fingerprint density at radius 3 is 2.71 bits per heavy atom. The fraction of sp³-hybridized carbons (Fsp3) is 0.231. The number of aromatic nitrogens is 1. The maximum atomic E-state index is 8.71. The molecule has 0 bridgehead atoms. The van der Waals surface area contributed by atoms with Crippen molar-refractivity contribution >= 4 is 0 Å². The Morgan fingerprint density at radius 1 is 1.35 bits per heavy atom. The average molecular weight is 227 g/mol. The molecule has 0 aliphatic heterocycles. The Bertz CT molecular complexity index is 496. The van der Waals surface area contributed by atoms with Crippen LogP contribution in [0, 0.1) is 11.3 Å². The van der Waals surface area contributed by atoms with E-state index in [4.69, 9.17) is 9.78 Å². The van der Waals surface area contributed by atoms with Crippen molar-refractivity contribution in [2.45, 2.75) is 19.5 Å². The van der Waals surface area contributed by atoms with Crippen LogP contribution in [0.5, 0.6) is 0 Å². The molecule has 0 saturated heterocycles. The van der Waals surface area contributed by atoms with Crippen molar-refractivity contribution in [1.29, 1.82) is 5.26 Å². The van der Waals surface area contributed by atoms with Crippen LogP contribution in [0.15, 0.2) is 41.1 Å². The first-order chi connectivity index (χ1) is 8.29. The number of nitrogens with zero attached hydrogens (tertiary/aromatic N) is 2. The lowest BCUT2D eigenvalue weighted by Gasteiger charge is -2.12. The first-order valence-corrected chi connectivity index (χ1v) is 5.42. The van der Waals surface area contributed by atoms with Gasteiger partial charge in [0.25, 0.3) is 0 Å². The first kappa shape index (κ1) is 11.4. The van der Waals surface area contributed by atoms with Crippen LogP contribution >= 0.6 is 0 Å². The van der Waals surface area contributed by atoms with Crippen LogP contribution in [0.4, 0.5) is 0 Å². The largest absolute Gasteiger partial charge is 0.360 e. The average Bonchev–Trinajstić information content (AvgIpc) is 2.89.